The van der Waals surface area contributed by atoms with Crippen LogP contribution >= 0.6 is 15.9 Å². The van der Waals surface area contributed by atoms with E-state index in [1.165, 1.54) is 0 Å². The molecule has 1 amide bonds. The second-order valence-electron chi connectivity index (χ2n) is 4.91. The first-order valence-electron chi connectivity index (χ1n) is 7.00. The van der Waals surface area contributed by atoms with Crippen molar-refractivity contribution in [1.82, 2.24) is 0 Å². The number of halogens is 1. The van der Waals surface area contributed by atoms with Crippen molar-refractivity contribution in [3.63, 3.8) is 0 Å². The van der Waals surface area contributed by atoms with E-state index in [2.05, 4.69) is 26.6 Å². The molecule has 2 N–H and O–H groups in total. The Morgan fingerprint density at radius 1 is 0.864 bits per heavy atom. The van der Waals surface area contributed by atoms with Gasteiger partial charge < -0.3 is 10.6 Å². The summed E-state index contributed by atoms with van der Waals surface area (Å²) in [4.78, 5) is 12.2. The predicted octanol–water partition coefficient (Wildman–Crippen LogP) is 4.65. The summed E-state index contributed by atoms with van der Waals surface area (Å²) in [5.74, 6) is -0.0768. The Morgan fingerprint density at radius 3 is 2.41 bits per heavy atom. The summed E-state index contributed by atoms with van der Waals surface area (Å²) in [6, 6.07) is 21.6. The van der Waals surface area contributed by atoms with Crippen molar-refractivity contribution in [1.29, 1.82) is 0 Å². The first kappa shape index (κ1) is 14.6. The smallest absolute Gasteiger partial charge is 0.243 e. The van der Waals surface area contributed by atoms with Crippen LogP contribution in [-0.2, 0) is 4.79 Å². The van der Waals surface area contributed by atoms with Crippen LogP contribution in [0.5, 0.6) is 0 Å². The fourth-order valence-corrected chi connectivity index (χ4v) is 2.73. The minimum Gasteiger partial charge on any atom is -0.375 e. The third-order valence-electron chi connectivity index (χ3n) is 3.38. The Balaban J connectivity index is 1.70. The Bertz CT molecular complexity index is 812. The average Bonchev–Trinajstić information content (AvgIpc) is 2.54. The van der Waals surface area contributed by atoms with Gasteiger partial charge in [-0.15, -0.1) is 0 Å². The van der Waals surface area contributed by atoms with E-state index in [0.717, 1.165) is 26.6 Å². The van der Waals surface area contributed by atoms with Crippen LogP contribution in [0.2, 0.25) is 0 Å². The molecule has 0 saturated heterocycles. The van der Waals surface area contributed by atoms with E-state index in [9.17, 15) is 4.79 Å². The molecule has 0 fully saturated rings. The lowest BCUT2D eigenvalue weighted by molar-refractivity contribution is -0.114. The molecule has 0 heterocycles. The lowest BCUT2D eigenvalue weighted by atomic mass is 10.1. The summed E-state index contributed by atoms with van der Waals surface area (Å²) in [6.45, 7) is 0.214. The van der Waals surface area contributed by atoms with E-state index < -0.39 is 0 Å². The number of rotatable bonds is 4. The molecule has 0 atom stereocenters. The van der Waals surface area contributed by atoms with Gasteiger partial charge in [-0.3, -0.25) is 4.79 Å². The molecule has 0 saturated carbocycles. The lowest BCUT2D eigenvalue weighted by Crippen LogP contribution is -2.22. The fraction of sp³-hybridized carbons (Fsp3) is 0.0556. The molecule has 0 bridgehead atoms. The van der Waals surface area contributed by atoms with Gasteiger partial charge in [-0.2, -0.15) is 0 Å². The topological polar surface area (TPSA) is 41.1 Å². The number of benzene rings is 3. The maximum Gasteiger partial charge on any atom is 0.243 e. The number of hydrogen-bond donors (Lipinski definition) is 2. The van der Waals surface area contributed by atoms with Gasteiger partial charge in [0.15, 0.2) is 0 Å². The Hall–Kier alpha value is -2.33. The summed E-state index contributed by atoms with van der Waals surface area (Å²) in [7, 11) is 0. The molecule has 0 aromatic heterocycles. The van der Waals surface area contributed by atoms with Gasteiger partial charge >= 0.3 is 0 Å². The highest BCUT2D eigenvalue weighted by Crippen LogP contribution is 2.23. The number of carbonyl (C=O) groups is 1. The van der Waals surface area contributed by atoms with Crippen molar-refractivity contribution in [2.75, 3.05) is 17.2 Å². The Kier molecular flexibility index (Phi) is 4.39. The van der Waals surface area contributed by atoms with Crippen molar-refractivity contribution in [3.05, 3.63) is 71.2 Å². The molecule has 0 radical (unpaired) electrons. The number of amides is 1. The maximum absolute atomic E-state index is 12.2. The Morgan fingerprint density at radius 2 is 1.55 bits per heavy atom. The molecular weight excluding hydrogens is 340 g/mol. The van der Waals surface area contributed by atoms with E-state index in [1.807, 2.05) is 66.7 Å². The molecule has 0 aliphatic heterocycles. The minimum atomic E-state index is -0.0768. The van der Waals surface area contributed by atoms with Crippen LogP contribution in [0.4, 0.5) is 11.4 Å². The summed E-state index contributed by atoms with van der Waals surface area (Å²) in [6.07, 6.45) is 0. The van der Waals surface area contributed by atoms with E-state index in [1.54, 1.807) is 0 Å². The van der Waals surface area contributed by atoms with Crippen molar-refractivity contribution in [2.24, 2.45) is 0 Å². The highest BCUT2D eigenvalue weighted by molar-refractivity contribution is 9.10. The van der Waals surface area contributed by atoms with E-state index in [-0.39, 0.29) is 12.5 Å². The van der Waals surface area contributed by atoms with Gasteiger partial charge in [0.2, 0.25) is 5.91 Å². The van der Waals surface area contributed by atoms with Gasteiger partial charge in [-0.1, -0.05) is 48.5 Å². The summed E-state index contributed by atoms with van der Waals surface area (Å²) in [5.41, 5.74) is 1.73. The zero-order valence-corrected chi connectivity index (χ0v) is 13.4. The van der Waals surface area contributed by atoms with Crippen molar-refractivity contribution < 1.29 is 4.79 Å². The van der Waals surface area contributed by atoms with Crippen LogP contribution in [0, 0.1) is 0 Å². The normalized spacial score (nSPS) is 10.4. The van der Waals surface area contributed by atoms with Crippen LogP contribution in [0.25, 0.3) is 10.8 Å². The van der Waals surface area contributed by atoms with Crippen LogP contribution in [0.15, 0.2) is 71.2 Å². The van der Waals surface area contributed by atoms with Gasteiger partial charge in [-0.05, 0) is 39.5 Å². The quantitative estimate of drug-likeness (QED) is 0.715. The third kappa shape index (κ3) is 3.28. The number of carbonyl (C=O) groups excluding carboxylic acids is 1. The van der Waals surface area contributed by atoms with Gasteiger partial charge in [0.05, 0.1) is 6.54 Å². The lowest BCUT2D eigenvalue weighted by Gasteiger charge is -2.11. The second kappa shape index (κ2) is 6.62. The molecule has 0 unspecified atom stereocenters. The maximum atomic E-state index is 12.2. The molecule has 0 spiro atoms. The molecular formula is C18H15BrN2O. The zero-order valence-electron chi connectivity index (χ0n) is 11.8. The predicted molar refractivity (Wildman–Crippen MR) is 95.2 cm³/mol. The SMILES string of the molecule is O=C(CNc1ccccc1Br)Nc1cccc2ccccc12. The third-order valence-corrected chi connectivity index (χ3v) is 4.07. The molecule has 4 heteroatoms. The number of nitrogens with one attached hydrogen (secondary N) is 2. The summed E-state index contributed by atoms with van der Waals surface area (Å²) >= 11 is 3.45. The van der Waals surface area contributed by atoms with Crippen LogP contribution < -0.4 is 10.6 Å². The van der Waals surface area contributed by atoms with Gasteiger partial charge in [0, 0.05) is 21.2 Å². The van der Waals surface area contributed by atoms with E-state index >= 15 is 0 Å². The minimum absolute atomic E-state index is 0.0768. The van der Waals surface area contributed by atoms with Crippen molar-refractivity contribution >= 4 is 44.0 Å². The monoisotopic (exact) mass is 354 g/mol. The molecule has 3 aromatic carbocycles. The Labute approximate surface area is 137 Å². The van der Waals surface area contributed by atoms with E-state index in [0.29, 0.717) is 0 Å². The molecule has 110 valence electrons. The van der Waals surface area contributed by atoms with Crippen molar-refractivity contribution in [2.45, 2.75) is 0 Å². The standard InChI is InChI=1S/C18H15BrN2O/c19-15-9-3-4-10-17(15)20-12-18(22)21-16-11-5-7-13-6-1-2-8-14(13)16/h1-11,20H,12H2,(H,21,22). The molecule has 3 aromatic rings. The highest BCUT2D eigenvalue weighted by atomic mass is 79.9. The molecule has 3 rings (SSSR count). The van der Waals surface area contributed by atoms with Gasteiger partial charge in [0.25, 0.3) is 0 Å². The van der Waals surface area contributed by atoms with Gasteiger partial charge in [0.1, 0.15) is 0 Å². The second-order valence-corrected chi connectivity index (χ2v) is 5.76. The average molecular weight is 355 g/mol. The van der Waals surface area contributed by atoms with E-state index in [4.69, 9.17) is 0 Å². The molecule has 0 aliphatic carbocycles. The molecule has 0 aliphatic rings. The summed E-state index contributed by atoms with van der Waals surface area (Å²) < 4.78 is 0.938. The first-order chi connectivity index (χ1) is 10.7. The number of fused-ring (bicyclic) bond motifs is 1. The fourth-order valence-electron chi connectivity index (χ4n) is 2.31. The van der Waals surface area contributed by atoms with Crippen LogP contribution in [0.3, 0.4) is 0 Å². The first-order valence-corrected chi connectivity index (χ1v) is 7.79. The van der Waals surface area contributed by atoms with Gasteiger partial charge in [-0.25, -0.2) is 0 Å². The number of para-hydroxylation sites is 1. The number of anilines is 2. The molecule has 3 nitrogen and oxygen atoms in total. The number of hydrogen-bond acceptors (Lipinski definition) is 2. The highest BCUT2D eigenvalue weighted by Gasteiger charge is 2.06. The van der Waals surface area contributed by atoms with Crippen LogP contribution in [0.1, 0.15) is 0 Å². The summed E-state index contributed by atoms with van der Waals surface area (Å²) in [5, 5.41) is 8.23. The largest absolute Gasteiger partial charge is 0.375 e. The molecule has 22 heavy (non-hydrogen) atoms. The van der Waals surface area contributed by atoms with Crippen molar-refractivity contribution in [3.8, 4) is 0 Å². The zero-order chi connectivity index (χ0) is 15.4. The van der Waals surface area contributed by atoms with Crippen LogP contribution in [-0.4, -0.2) is 12.5 Å².